The van der Waals surface area contributed by atoms with Gasteiger partial charge in [0.15, 0.2) is 0 Å². The van der Waals surface area contributed by atoms with Gasteiger partial charge in [0.05, 0.1) is 0 Å². The van der Waals surface area contributed by atoms with E-state index in [1.165, 1.54) is 0 Å². The van der Waals surface area contributed by atoms with Crippen LogP contribution in [0.25, 0.3) is 0 Å². The molecule has 2 amide bonds. The highest BCUT2D eigenvalue weighted by atomic mass is 35.5. The molecule has 0 aromatic heterocycles. The van der Waals surface area contributed by atoms with Gasteiger partial charge in [0, 0.05) is 52.9 Å². The summed E-state index contributed by atoms with van der Waals surface area (Å²) in [5.41, 5.74) is 4.93. The summed E-state index contributed by atoms with van der Waals surface area (Å²) in [6.07, 6.45) is -0.241. The number of amides is 2. The minimum absolute atomic E-state index is 0.226. The Morgan fingerprint density at radius 2 is 1.53 bits per heavy atom. The fourth-order valence-electron chi connectivity index (χ4n) is 3.91. The summed E-state index contributed by atoms with van der Waals surface area (Å²) in [5.74, 6) is 0.144. The quantitative estimate of drug-likeness (QED) is 0.251. The Kier molecular flexibility index (Phi) is 8.34. The number of carbonyl (C=O) groups is 2. The van der Waals surface area contributed by atoms with E-state index in [1.54, 1.807) is 36.4 Å². The van der Waals surface area contributed by atoms with E-state index in [0.717, 1.165) is 16.8 Å². The minimum atomic E-state index is -0.263. The third-order valence-electron chi connectivity index (χ3n) is 6.14. The monoisotopic (exact) mass is 527 g/mol. The highest BCUT2D eigenvalue weighted by Gasteiger charge is 2.14. The smallest absolute Gasteiger partial charge is 0.255 e. The molecule has 0 fully saturated rings. The average molecular weight is 528 g/mol. The SMILES string of the molecule is Cc1ccc(NC(=O)c2cccc(N(C)C)c2)cc1NC(=O)c1ccc(O[C@H](C)c2ccccc2Cl)cc1. The Bertz CT molecular complexity index is 1450. The van der Waals surface area contributed by atoms with Gasteiger partial charge in [-0.2, -0.15) is 0 Å². The van der Waals surface area contributed by atoms with Gasteiger partial charge in [-0.25, -0.2) is 0 Å². The molecule has 0 aliphatic carbocycles. The average Bonchev–Trinajstić information content (AvgIpc) is 2.91. The van der Waals surface area contributed by atoms with Gasteiger partial charge in [0.25, 0.3) is 11.8 Å². The van der Waals surface area contributed by atoms with Crippen molar-refractivity contribution in [3.8, 4) is 5.75 Å². The van der Waals surface area contributed by atoms with Gasteiger partial charge < -0.3 is 20.3 Å². The molecule has 1 atom stereocenters. The van der Waals surface area contributed by atoms with E-state index in [-0.39, 0.29) is 17.9 Å². The van der Waals surface area contributed by atoms with Crippen LogP contribution in [0, 0.1) is 6.92 Å². The van der Waals surface area contributed by atoms with Crippen molar-refractivity contribution in [2.24, 2.45) is 0 Å². The predicted octanol–water partition coefficient (Wildman–Crippen LogP) is 7.36. The second-order valence-electron chi connectivity index (χ2n) is 9.19. The van der Waals surface area contributed by atoms with Gasteiger partial charge in [0.1, 0.15) is 11.9 Å². The zero-order chi connectivity index (χ0) is 27.2. The Balaban J connectivity index is 1.42. The van der Waals surface area contributed by atoms with Crippen LogP contribution in [0.3, 0.4) is 0 Å². The lowest BCUT2D eigenvalue weighted by molar-refractivity contribution is 0.101. The lowest BCUT2D eigenvalue weighted by atomic mass is 10.1. The molecule has 2 N–H and O–H groups in total. The number of aryl methyl sites for hydroxylation is 1. The zero-order valence-electron chi connectivity index (χ0n) is 21.8. The van der Waals surface area contributed by atoms with Crippen molar-refractivity contribution >= 4 is 40.5 Å². The molecular weight excluding hydrogens is 498 g/mol. The molecule has 4 aromatic carbocycles. The second kappa shape index (κ2) is 11.8. The van der Waals surface area contributed by atoms with Gasteiger partial charge in [-0.1, -0.05) is 41.9 Å². The summed E-state index contributed by atoms with van der Waals surface area (Å²) in [5, 5.41) is 6.50. The number of benzene rings is 4. The van der Waals surface area contributed by atoms with Gasteiger partial charge in [0.2, 0.25) is 0 Å². The van der Waals surface area contributed by atoms with Crippen LogP contribution in [-0.4, -0.2) is 25.9 Å². The van der Waals surface area contributed by atoms with Crippen LogP contribution in [-0.2, 0) is 0 Å². The van der Waals surface area contributed by atoms with Crippen molar-refractivity contribution in [2.45, 2.75) is 20.0 Å². The van der Waals surface area contributed by atoms with Crippen molar-refractivity contribution in [2.75, 3.05) is 29.6 Å². The van der Waals surface area contributed by atoms with Crippen LogP contribution in [0.15, 0.2) is 91.0 Å². The van der Waals surface area contributed by atoms with E-state index >= 15 is 0 Å². The molecule has 0 saturated carbocycles. The molecule has 7 heteroatoms. The second-order valence-corrected chi connectivity index (χ2v) is 9.60. The van der Waals surface area contributed by atoms with Crippen LogP contribution in [0.2, 0.25) is 5.02 Å². The molecular formula is C31H30ClN3O3. The molecule has 0 bridgehead atoms. The molecule has 0 radical (unpaired) electrons. The van der Waals surface area contributed by atoms with Crippen LogP contribution in [0.4, 0.5) is 17.1 Å². The molecule has 4 rings (SSSR count). The van der Waals surface area contributed by atoms with E-state index in [9.17, 15) is 9.59 Å². The van der Waals surface area contributed by atoms with Crippen molar-refractivity contribution < 1.29 is 14.3 Å². The number of nitrogens with one attached hydrogen (secondary N) is 2. The fraction of sp³-hybridized carbons (Fsp3) is 0.161. The van der Waals surface area contributed by atoms with E-state index in [0.29, 0.717) is 33.3 Å². The number of anilines is 3. The van der Waals surface area contributed by atoms with Gasteiger partial charge in [-0.05, 0) is 80.1 Å². The molecule has 6 nitrogen and oxygen atoms in total. The molecule has 0 unspecified atom stereocenters. The van der Waals surface area contributed by atoms with Crippen LogP contribution < -0.4 is 20.3 Å². The Labute approximate surface area is 228 Å². The predicted molar refractivity (Wildman–Crippen MR) is 155 cm³/mol. The Morgan fingerprint density at radius 1 is 0.816 bits per heavy atom. The molecule has 0 spiro atoms. The molecule has 0 saturated heterocycles. The van der Waals surface area contributed by atoms with E-state index < -0.39 is 0 Å². The Morgan fingerprint density at radius 3 is 2.24 bits per heavy atom. The van der Waals surface area contributed by atoms with E-state index in [2.05, 4.69) is 10.6 Å². The number of nitrogens with zero attached hydrogens (tertiary/aromatic N) is 1. The highest BCUT2D eigenvalue weighted by molar-refractivity contribution is 6.31. The molecule has 4 aromatic rings. The molecule has 0 aliphatic heterocycles. The molecule has 194 valence electrons. The maximum atomic E-state index is 13.0. The van der Waals surface area contributed by atoms with Crippen molar-refractivity contribution in [3.63, 3.8) is 0 Å². The number of ether oxygens (including phenoxy) is 1. The third kappa shape index (κ3) is 6.52. The fourth-order valence-corrected chi connectivity index (χ4v) is 4.20. The summed E-state index contributed by atoms with van der Waals surface area (Å²) < 4.78 is 6.00. The first-order valence-corrected chi connectivity index (χ1v) is 12.6. The first-order chi connectivity index (χ1) is 18.2. The lowest BCUT2D eigenvalue weighted by Gasteiger charge is -2.16. The topological polar surface area (TPSA) is 70.7 Å². The summed E-state index contributed by atoms with van der Waals surface area (Å²) in [6.45, 7) is 3.82. The van der Waals surface area contributed by atoms with Crippen molar-refractivity contribution in [3.05, 3.63) is 118 Å². The van der Waals surface area contributed by atoms with Gasteiger partial charge in [-0.15, -0.1) is 0 Å². The van der Waals surface area contributed by atoms with E-state index in [4.69, 9.17) is 16.3 Å². The summed E-state index contributed by atoms with van der Waals surface area (Å²) in [7, 11) is 3.85. The third-order valence-corrected chi connectivity index (χ3v) is 6.49. The summed E-state index contributed by atoms with van der Waals surface area (Å²) in [4.78, 5) is 27.7. The van der Waals surface area contributed by atoms with Crippen molar-refractivity contribution in [1.82, 2.24) is 0 Å². The summed E-state index contributed by atoms with van der Waals surface area (Å²) in [6, 6.07) is 27.3. The minimum Gasteiger partial charge on any atom is -0.486 e. The number of halogens is 1. The van der Waals surface area contributed by atoms with Crippen LogP contribution in [0.5, 0.6) is 5.75 Å². The number of hydrogen-bond acceptors (Lipinski definition) is 4. The first-order valence-electron chi connectivity index (χ1n) is 12.2. The molecule has 0 heterocycles. The van der Waals surface area contributed by atoms with Crippen molar-refractivity contribution in [1.29, 1.82) is 0 Å². The number of hydrogen-bond donors (Lipinski definition) is 2. The zero-order valence-corrected chi connectivity index (χ0v) is 22.5. The lowest BCUT2D eigenvalue weighted by Crippen LogP contribution is -2.15. The summed E-state index contributed by atoms with van der Waals surface area (Å²) >= 11 is 6.27. The van der Waals surface area contributed by atoms with Gasteiger partial charge in [-0.3, -0.25) is 9.59 Å². The standard InChI is InChI=1S/C31H30ClN3O3/c1-20-12-15-24(33-31(37)23-8-7-9-25(18-23)35(3)4)19-29(20)34-30(36)22-13-16-26(17-14-22)38-21(2)27-10-5-6-11-28(27)32/h5-19,21H,1-4H3,(H,33,37)(H,34,36)/t21-/m1/s1. The largest absolute Gasteiger partial charge is 0.486 e. The molecule has 0 aliphatic rings. The van der Waals surface area contributed by atoms with E-state index in [1.807, 2.05) is 87.4 Å². The van der Waals surface area contributed by atoms with Crippen LogP contribution in [0.1, 0.15) is 44.9 Å². The van der Waals surface area contributed by atoms with Crippen LogP contribution >= 0.6 is 11.6 Å². The number of carbonyl (C=O) groups excluding carboxylic acids is 2. The van der Waals surface area contributed by atoms with Gasteiger partial charge >= 0.3 is 0 Å². The maximum Gasteiger partial charge on any atom is 0.255 e. The number of rotatable bonds is 8. The highest BCUT2D eigenvalue weighted by Crippen LogP contribution is 2.28. The normalized spacial score (nSPS) is 11.4. The Hall–Kier alpha value is -4.29. The maximum absolute atomic E-state index is 13.0. The first kappa shape index (κ1) is 26.8. The molecule has 38 heavy (non-hydrogen) atoms.